The molecule has 7 nitrogen and oxygen atoms in total. The molecule has 7 heteroatoms. The van der Waals surface area contributed by atoms with Crippen LogP contribution in [-0.2, 0) is 36.7 Å². The van der Waals surface area contributed by atoms with Gasteiger partial charge in [0, 0.05) is 26.0 Å². The van der Waals surface area contributed by atoms with Crippen LogP contribution in [0.2, 0.25) is 0 Å². The molecule has 1 aliphatic carbocycles. The van der Waals surface area contributed by atoms with Crippen LogP contribution in [0.4, 0.5) is 0 Å². The summed E-state index contributed by atoms with van der Waals surface area (Å²) >= 11 is 0. The molecule has 0 aliphatic heterocycles. The van der Waals surface area contributed by atoms with E-state index in [1.807, 2.05) is 78.9 Å². The van der Waals surface area contributed by atoms with E-state index in [1.54, 1.807) is 0 Å². The number of carboxylic acids is 1. The molecule has 198 valence electrons. The van der Waals surface area contributed by atoms with Crippen LogP contribution < -0.4 is 5.32 Å². The summed E-state index contributed by atoms with van der Waals surface area (Å²) < 4.78 is 11.4. The largest absolute Gasteiger partial charge is 0.481 e. The molecule has 2 N–H and O–H groups in total. The van der Waals surface area contributed by atoms with Crippen molar-refractivity contribution in [2.75, 3.05) is 7.11 Å². The van der Waals surface area contributed by atoms with E-state index in [0.717, 1.165) is 35.1 Å². The standard InChI is InChI=1S/C31H33NO6/c1-37-28(31(36)38-27-16-15-24-9-5-6-10-26(24)27)20-25(32-29(33)17-18-30(34)35)19-21-11-13-23(14-12-21)22-7-3-2-4-8-22/h2-14,25,27-28H,15-20H2,1H3,(H,32,33)(H,34,35)/t25-,27+,28-/m0/s1. The van der Waals surface area contributed by atoms with Gasteiger partial charge in [-0.25, -0.2) is 4.79 Å². The highest BCUT2D eigenvalue weighted by Gasteiger charge is 2.31. The van der Waals surface area contributed by atoms with Gasteiger partial charge in [0.2, 0.25) is 5.91 Å². The van der Waals surface area contributed by atoms with Gasteiger partial charge in [-0.05, 0) is 47.1 Å². The van der Waals surface area contributed by atoms with E-state index in [-0.39, 0.29) is 31.3 Å². The second-order valence-electron chi connectivity index (χ2n) is 9.55. The average molecular weight is 516 g/mol. The molecule has 0 saturated carbocycles. The first-order chi connectivity index (χ1) is 18.4. The highest BCUT2D eigenvalue weighted by atomic mass is 16.6. The Kier molecular flexibility index (Phi) is 9.27. The van der Waals surface area contributed by atoms with Crippen molar-refractivity contribution in [2.24, 2.45) is 0 Å². The first-order valence-electron chi connectivity index (χ1n) is 12.9. The third-order valence-corrected chi connectivity index (χ3v) is 6.86. The van der Waals surface area contributed by atoms with Crippen LogP contribution in [0, 0.1) is 0 Å². The van der Waals surface area contributed by atoms with Crippen LogP contribution in [0.3, 0.4) is 0 Å². The number of nitrogens with one attached hydrogen (secondary N) is 1. The highest BCUT2D eigenvalue weighted by molar-refractivity contribution is 5.81. The molecular formula is C31H33NO6. The molecule has 3 aromatic carbocycles. The van der Waals surface area contributed by atoms with Crippen LogP contribution in [0.25, 0.3) is 11.1 Å². The number of benzene rings is 3. The zero-order valence-electron chi connectivity index (χ0n) is 21.5. The number of amides is 1. The van der Waals surface area contributed by atoms with Gasteiger partial charge in [-0.1, -0.05) is 78.9 Å². The van der Waals surface area contributed by atoms with Gasteiger partial charge in [-0.3, -0.25) is 9.59 Å². The number of aliphatic carboxylic acids is 1. The minimum Gasteiger partial charge on any atom is -0.481 e. The van der Waals surface area contributed by atoms with Crippen molar-refractivity contribution in [3.05, 3.63) is 95.6 Å². The Labute approximate surface area is 222 Å². The molecule has 0 radical (unpaired) electrons. The number of rotatable bonds is 12. The normalized spacial score (nSPS) is 15.8. The van der Waals surface area contributed by atoms with Crippen LogP contribution in [0.15, 0.2) is 78.9 Å². The van der Waals surface area contributed by atoms with Gasteiger partial charge >= 0.3 is 11.9 Å². The molecule has 0 heterocycles. The third-order valence-electron chi connectivity index (χ3n) is 6.86. The summed E-state index contributed by atoms with van der Waals surface area (Å²) in [5.41, 5.74) is 5.36. The Bertz CT molecular complexity index is 1240. The van der Waals surface area contributed by atoms with E-state index in [4.69, 9.17) is 14.6 Å². The minimum atomic E-state index is -1.04. The van der Waals surface area contributed by atoms with Crippen LogP contribution in [0.5, 0.6) is 0 Å². The second kappa shape index (κ2) is 13.0. The van der Waals surface area contributed by atoms with Crippen molar-refractivity contribution in [2.45, 2.75) is 56.8 Å². The predicted molar refractivity (Wildman–Crippen MR) is 143 cm³/mol. The molecule has 3 aromatic rings. The fourth-order valence-electron chi connectivity index (χ4n) is 4.87. The number of carboxylic acid groups (broad SMARTS) is 1. The Hall–Kier alpha value is -3.97. The lowest BCUT2D eigenvalue weighted by atomic mass is 9.97. The van der Waals surface area contributed by atoms with E-state index in [1.165, 1.54) is 12.7 Å². The Balaban J connectivity index is 1.44. The minimum absolute atomic E-state index is 0.139. The Morgan fingerprint density at radius 3 is 2.32 bits per heavy atom. The van der Waals surface area contributed by atoms with Crippen LogP contribution in [0.1, 0.15) is 48.5 Å². The van der Waals surface area contributed by atoms with Crippen molar-refractivity contribution in [3.63, 3.8) is 0 Å². The first-order valence-corrected chi connectivity index (χ1v) is 12.9. The summed E-state index contributed by atoms with van der Waals surface area (Å²) in [6.45, 7) is 0. The van der Waals surface area contributed by atoms with Crippen molar-refractivity contribution < 1.29 is 29.0 Å². The number of aryl methyl sites for hydroxylation is 1. The van der Waals surface area contributed by atoms with E-state index in [9.17, 15) is 14.4 Å². The summed E-state index contributed by atoms with van der Waals surface area (Å²) in [4.78, 5) is 36.5. The molecule has 1 amide bonds. The smallest absolute Gasteiger partial charge is 0.335 e. The third kappa shape index (κ3) is 7.29. The highest BCUT2D eigenvalue weighted by Crippen LogP contribution is 2.34. The van der Waals surface area contributed by atoms with E-state index >= 15 is 0 Å². The molecule has 0 unspecified atom stereocenters. The van der Waals surface area contributed by atoms with Crippen LogP contribution in [-0.4, -0.2) is 42.2 Å². The zero-order valence-corrected chi connectivity index (χ0v) is 21.5. The second-order valence-corrected chi connectivity index (χ2v) is 9.55. The van der Waals surface area contributed by atoms with Gasteiger partial charge < -0.3 is 19.9 Å². The summed E-state index contributed by atoms with van der Waals surface area (Å²) in [6, 6.07) is 25.5. The maximum absolute atomic E-state index is 13.1. The number of esters is 1. The SMILES string of the molecule is CO[C@@H](C[C@H](Cc1ccc(-c2ccccc2)cc1)NC(=O)CCC(=O)O)C(=O)O[C@@H]1CCc2ccccc21. The van der Waals surface area contributed by atoms with E-state index in [2.05, 4.69) is 5.32 Å². The molecule has 4 rings (SSSR count). The molecule has 0 spiro atoms. The molecule has 38 heavy (non-hydrogen) atoms. The quantitative estimate of drug-likeness (QED) is 0.333. The number of hydrogen-bond acceptors (Lipinski definition) is 5. The van der Waals surface area contributed by atoms with E-state index in [0.29, 0.717) is 6.42 Å². The van der Waals surface area contributed by atoms with Gasteiger partial charge in [0.05, 0.1) is 6.42 Å². The summed E-state index contributed by atoms with van der Waals surface area (Å²) in [5.74, 6) is -1.90. The first kappa shape index (κ1) is 27.1. The molecule has 0 bridgehead atoms. The molecule has 3 atom stereocenters. The lowest BCUT2D eigenvalue weighted by molar-refractivity contribution is -0.162. The van der Waals surface area contributed by atoms with Crippen molar-refractivity contribution >= 4 is 17.8 Å². The average Bonchev–Trinajstić information content (AvgIpc) is 3.34. The monoisotopic (exact) mass is 515 g/mol. The van der Waals surface area contributed by atoms with Crippen molar-refractivity contribution in [3.8, 4) is 11.1 Å². The maximum Gasteiger partial charge on any atom is 0.335 e. The van der Waals surface area contributed by atoms with Gasteiger partial charge in [-0.15, -0.1) is 0 Å². The maximum atomic E-state index is 13.1. The lowest BCUT2D eigenvalue weighted by Crippen LogP contribution is -2.41. The molecule has 0 fully saturated rings. The fraction of sp³-hybridized carbons (Fsp3) is 0.323. The van der Waals surface area contributed by atoms with E-state index < -0.39 is 24.1 Å². The summed E-state index contributed by atoms with van der Waals surface area (Å²) in [5, 5.41) is 11.9. The number of carbonyl (C=O) groups excluding carboxylic acids is 2. The Morgan fingerprint density at radius 2 is 1.61 bits per heavy atom. The van der Waals surface area contributed by atoms with Gasteiger partial charge in [0.25, 0.3) is 0 Å². The topological polar surface area (TPSA) is 102 Å². The summed E-state index contributed by atoms with van der Waals surface area (Å²) in [7, 11) is 1.45. The number of methoxy groups -OCH3 is 1. The van der Waals surface area contributed by atoms with Gasteiger partial charge in [0.1, 0.15) is 6.10 Å². The van der Waals surface area contributed by atoms with Crippen molar-refractivity contribution in [1.82, 2.24) is 5.32 Å². The lowest BCUT2D eigenvalue weighted by Gasteiger charge is -2.24. The Morgan fingerprint density at radius 1 is 0.921 bits per heavy atom. The number of hydrogen-bond donors (Lipinski definition) is 2. The van der Waals surface area contributed by atoms with Gasteiger partial charge in [-0.2, -0.15) is 0 Å². The van der Waals surface area contributed by atoms with Crippen LogP contribution >= 0.6 is 0 Å². The molecule has 0 aromatic heterocycles. The zero-order chi connectivity index (χ0) is 26.9. The predicted octanol–water partition coefficient (Wildman–Crippen LogP) is 4.88. The van der Waals surface area contributed by atoms with Crippen molar-refractivity contribution in [1.29, 1.82) is 0 Å². The number of ether oxygens (including phenoxy) is 2. The number of carbonyl (C=O) groups is 3. The van der Waals surface area contributed by atoms with Gasteiger partial charge in [0.15, 0.2) is 6.10 Å². The molecule has 0 saturated heterocycles. The molecule has 1 aliphatic rings. The number of fused-ring (bicyclic) bond motifs is 1. The summed E-state index contributed by atoms with van der Waals surface area (Å²) in [6.07, 6.45) is 0.635. The fourth-order valence-corrected chi connectivity index (χ4v) is 4.87. The molecular weight excluding hydrogens is 482 g/mol.